The normalized spacial score (nSPS) is 19.4. The highest BCUT2D eigenvalue weighted by atomic mass is 16.4. The van der Waals surface area contributed by atoms with Crippen LogP contribution in [0.15, 0.2) is 0 Å². The van der Waals surface area contributed by atoms with Crippen LogP contribution in [0.1, 0.15) is 33.1 Å². The molecule has 1 atom stereocenters. The molecule has 1 aliphatic rings. The fourth-order valence-electron chi connectivity index (χ4n) is 2.22. The first-order chi connectivity index (χ1) is 8.08. The third-order valence-corrected chi connectivity index (χ3v) is 3.22. The van der Waals surface area contributed by atoms with E-state index in [4.69, 9.17) is 5.11 Å². The Bertz CT molecular complexity index is 281. The summed E-state index contributed by atoms with van der Waals surface area (Å²) in [5.74, 6) is -0.370. The lowest BCUT2D eigenvalue weighted by Crippen LogP contribution is -2.44. The number of likely N-dealkylation sites (tertiary alicyclic amines) is 1. The van der Waals surface area contributed by atoms with Crippen molar-refractivity contribution in [2.24, 2.45) is 5.92 Å². The molecule has 0 spiro atoms. The Kier molecular flexibility index (Phi) is 5.25. The molecule has 1 rings (SSSR count). The monoisotopic (exact) mass is 242 g/mol. The van der Waals surface area contributed by atoms with Gasteiger partial charge >= 0.3 is 12.0 Å². The Morgan fingerprint density at radius 2 is 2.12 bits per heavy atom. The van der Waals surface area contributed by atoms with Crippen molar-refractivity contribution in [3.05, 3.63) is 0 Å². The van der Waals surface area contributed by atoms with E-state index < -0.39 is 5.97 Å². The van der Waals surface area contributed by atoms with Gasteiger partial charge in [0.25, 0.3) is 0 Å². The lowest BCUT2D eigenvalue weighted by Gasteiger charge is -2.26. The summed E-state index contributed by atoms with van der Waals surface area (Å²) in [6, 6.07) is -0.120. The van der Waals surface area contributed by atoms with Crippen molar-refractivity contribution < 1.29 is 14.7 Å². The van der Waals surface area contributed by atoms with E-state index in [1.807, 2.05) is 6.92 Å². The zero-order valence-corrected chi connectivity index (χ0v) is 10.7. The molecule has 0 radical (unpaired) electrons. The number of carboxylic acids is 1. The Morgan fingerprint density at radius 3 is 2.59 bits per heavy atom. The maximum Gasteiger partial charge on any atom is 0.323 e. The molecule has 1 aliphatic heterocycles. The van der Waals surface area contributed by atoms with Gasteiger partial charge in [-0.3, -0.25) is 4.79 Å². The lowest BCUT2D eigenvalue weighted by atomic mass is 10.1. The van der Waals surface area contributed by atoms with Crippen LogP contribution in [-0.4, -0.2) is 53.1 Å². The zero-order valence-electron chi connectivity index (χ0n) is 10.7. The van der Waals surface area contributed by atoms with Gasteiger partial charge in [-0.15, -0.1) is 0 Å². The summed E-state index contributed by atoms with van der Waals surface area (Å²) in [6.45, 7) is 5.92. The second-order valence-corrected chi connectivity index (χ2v) is 4.61. The summed E-state index contributed by atoms with van der Waals surface area (Å²) >= 11 is 0. The summed E-state index contributed by atoms with van der Waals surface area (Å²) < 4.78 is 0. The molecule has 0 aromatic carbocycles. The van der Waals surface area contributed by atoms with Gasteiger partial charge in [0, 0.05) is 19.6 Å². The highest BCUT2D eigenvalue weighted by Gasteiger charge is 2.28. The lowest BCUT2D eigenvalue weighted by molar-refractivity contribution is -0.137. The van der Waals surface area contributed by atoms with Gasteiger partial charge in [0.15, 0.2) is 0 Å². The number of carbonyl (C=O) groups is 2. The maximum absolute atomic E-state index is 12.1. The smallest absolute Gasteiger partial charge is 0.323 e. The van der Waals surface area contributed by atoms with Crippen molar-refractivity contribution in [3.63, 3.8) is 0 Å². The molecule has 0 saturated carbocycles. The highest BCUT2D eigenvalue weighted by molar-refractivity contribution is 5.80. The van der Waals surface area contributed by atoms with E-state index in [0.717, 1.165) is 32.4 Å². The minimum Gasteiger partial charge on any atom is -0.480 e. The van der Waals surface area contributed by atoms with Gasteiger partial charge in [-0.1, -0.05) is 20.3 Å². The Hall–Kier alpha value is -1.26. The summed E-state index contributed by atoms with van der Waals surface area (Å²) in [7, 11) is 0. The molecule has 5 heteroatoms. The number of rotatable bonds is 5. The summed E-state index contributed by atoms with van der Waals surface area (Å²) in [5.41, 5.74) is 0. The van der Waals surface area contributed by atoms with E-state index in [-0.39, 0.29) is 12.6 Å². The SMILES string of the molecule is CCCN(CC(=O)O)C(=O)N1CCC(CC)C1. The molecule has 98 valence electrons. The molecule has 5 nitrogen and oxygen atoms in total. The van der Waals surface area contributed by atoms with E-state index in [2.05, 4.69) is 6.92 Å². The summed E-state index contributed by atoms with van der Waals surface area (Å²) in [6.07, 6.45) is 2.90. The fourth-order valence-corrected chi connectivity index (χ4v) is 2.22. The molecule has 0 aromatic rings. The van der Waals surface area contributed by atoms with E-state index >= 15 is 0 Å². The second-order valence-electron chi connectivity index (χ2n) is 4.61. The first-order valence-corrected chi connectivity index (χ1v) is 6.34. The van der Waals surface area contributed by atoms with Crippen LogP contribution in [0, 0.1) is 5.92 Å². The number of aliphatic carboxylic acids is 1. The van der Waals surface area contributed by atoms with Crippen LogP contribution in [0.3, 0.4) is 0 Å². The number of hydrogen-bond donors (Lipinski definition) is 1. The highest BCUT2D eigenvalue weighted by Crippen LogP contribution is 2.20. The summed E-state index contributed by atoms with van der Waals surface area (Å²) in [4.78, 5) is 26.0. The van der Waals surface area contributed by atoms with Gasteiger partial charge in [0.2, 0.25) is 0 Å². The average Bonchev–Trinajstić information content (AvgIpc) is 2.75. The quantitative estimate of drug-likeness (QED) is 0.797. The summed E-state index contributed by atoms with van der Waals surface area (Å²) in [5, 5.41) is 8.79. The predicted octanol–water partition coefficient (Wildman–Crippen LogP) is 1.63. The van der Waals surface area contributed by atoms with Crippen molar-refractivity contribution in [2.75, 3.05) is 26.2 Å². The number of carbonyl (C=O) groups excluding carboxylic acids is 1. The van der Waals surface area contributed by atoms with Crippen LogP contribution in [0.25, 0.3) is 0 Å². The van der Waals surface area contributed by atoms with Crippen LogP contribution >= 0.6 is 0 Å². The zero-order chi connectivity index (χ0) is 12.8. The number of amides is 2. The van der Waals surface area contributed by atoms with Crippen molar-refractivity contribution in [1.29, 1.82) is 0 Å². The molecule has 1 N–H and O–H groups in total. The van der Waals surface area contributed by atoms with Crippen LogP contribution in [0.4, 0.5) is 4.79 Å². The molecule has 1 fully saturated rings. The largest absolute Gasteiger partial charge is 0.480 e. The number of nitrogens with zero attached hydrogens (tertiary/aromatic N) is 2. The van der Waals surface area contributed by atoms with Crippen molar-refractivity contribution in [3.8, 4) is 0 Å². The first kappa shape index (κ1) is 13.8. The molecule has 0 aliphatic carbocycles. The van der Waals surface area contributed by atoms with Gasteiger partial charge < -0.3 is 14.9 Å². The Morgan fingerprint density at radius 1 is 1.41 bits per heavy atom. The van der Waals surface area contributed by atoms with Gasteiger partial charge in [-0.25, -0.2) is 4.79 Å². The molecule has 0 aromatic heterocycles. The third-order valence-electron chi connectivity index (χ3n) is 3.22. The Labute approximate surface area is 102 Å². The molecular formula is C12H22N2O3. The minimum atomic E-state index is -0.946. The minimum absolute atomic E-state index is 0.120. The van der Waals surface area contributed by atoms with E-state index in [1.165, 1.54) is 4.90 Å². The average molecular weight is 242 g/mol. The van der Waals surface area contributed by atoms with E-state index in [1.54, 1.807) is 4.90 Å². The molecule has 17 heavy (non-hydrogen) atoms. The van der Waals surface area contributed by atoms with Crippen LogP contribution < -0.4 is 0 Å². The fraction of sp³-hybridized carbons (Fsp3) is 0.833. The Balaban J connectivity index is 2.55. The van der Waals surface area contributed by atoms with Crippen molar-refractivity contribution in [1.82, 2.24) is 9.80 Å². The van der Waals surface area contributed by atoms with Crippen LogP contribution in [-0.2, 0) is 4.79 Å². The molecule has 1 heterocycles. The number of carboxylic acid groups (broad SMARTS) is 1. The first-order valence-electron chi connectivity index (χ1n) is 6.34. The van der Waals surface area contributed by atoms with Crippen LogP contribution in [0.5, 0.6) is 0 Å². The van der Waals surface area contributed by atoms with Gasteiger partial charge in [0.05, 0.1) is 0 Å². The topological polar surface area (TPSA) is 60.9 Å². The van der Waals surface area contributed by atoms with Gasteiger partial charge in [-0.2, -0.15) is 0 Å². The number of urea groups is 1. The predicted molar refractivity (Wildman–Crippen MR) is 64.9 cm³/mol. The van der Waals surface area contributed by atoms with Crippen molar-refractivity contribution >= 4 is 12.0 Å². The third kappa shape index (κ3) is 3.91. The molecule has 1 saturated heterocycles. The standard InChI is InChI=1S/C12H22N2O3/c1-3-6-13(9-11(15)16)12(17)14-7-5-10(4-2)8-14/h10H,3-9H2,1-2H3,(H,15,16). The van der Waals surface area contributed by atoms with Crippen LogP contribution in [0.2, 0.25) is 0 Å². The molecule has 1 unspecified atom stereocenters. The maximum atomic E-state index is 12.1. The number of hydrogen-bond acceptors (Lipinski definition) is 2. The molecule has 2 amide bonds. The second kappa shape index (κ2) is 6.47. The van der Waals surface area contributed by atoms with E-state index in [0.29, 0.717) is 12.5 Å². The van der Waals surface area contributed by atoms with Crippen molar-refractivity contribution in [2.45, 2.75) is 33.1 Å². The van der Waals surface area contributed by atoms with E-state index in [9.17, 15) is 9.59 Å². The molecule has 0 bridgehead atoms. The molecular weight excluding hydrogens is 220 g/mol. The van der Waals surface area contributed by atoms with Gasteiger partial charge in [-0.05, 0) is 18.8 Å². The van der Waals surface area contributed by atoms with Gasteiger partial charge in [0.1, 0.15) is 6.54 Å².